The van der Waals surface area contributed by atoms with Crippen LogP contribution in [0.5, 0.6) is 5.75 Å². The SMILES string of the molecule is O=C1C2C3CC(C(Br)C3Br)C2C(=O)N1c1ccc(O)cc1. The molecule has 1 N–H and O–H groups in total. The van der Waals surface area contributed by atoms with Gasteiger partial charge < -0.3 is 5.11 Å². The second-order valence-corrected chi connectivity index (χ2v) is 8.15. The number of carbonyl (C=O) groups excluding carboxylic acids is 2. The van der Waals surface area contributed by atoms with Gasteiger partial charge in [-0.15, -0.1) is 0 Å². The highest BCUT2D eigenvalue weighted by Gasteiger charge is 2.66. The first-order chi connectivity index (χ1) is 10.0. The standard InChI is InChI=1S/C15H13Br2NO3/c16-12-8-5-9(13(12)17)11-10(8)14(20)18(15(11)21)6-1-3-7(19)4-2-6/h1-4,8-13,19H,5H2. The Balaban J connectivity index is 1.73. The van der Waals surface area contributed by atoms with Gasteiger partial charge in [0, 0.05) is 9.65 Å². The summed E-state index contributed by atoms with van der Waals surface area (Å²) >= 11 is 7.34. The number of aromatic hydroxyl groups is 1. The minimum Gasteiger partial charge on any atom is -0.508 e. The molecule has 0 radical (unpaired) electrons. The molecule has 6 unspecified atom stereocenters. The predicted octanol–water partition coefficient (Wildman–Crippen LogP) is 2.67. The molecular formula is C15H13Br2NO3. The molecule has 21 heavy (non-hydrogen) atoms. The molecule has 0 spiro atoms. The molecule has 1 saturated heterocycles. The lowest BCUT2D eigenvalue weighted by Crippen LogP contribution is -2.37. The Morgan fingerprint density at radius 2 is 1.43 bits per heavy atom. The molecule has 0 aromatic heterocycles. The minimum absolute atomic E-state index is 0.0907. The quantitative estimate of drug-likeness (QED) is 0.567. The van der Waals surface area contributed by atoms with Crippen LogP contribution < -0.4 is 4.90 Å². The van der Waals surface area contributed by atoms with Crippen molar-refractivity contribution in [1.82, 2.24) is 0 Å². The van der Waals surface area contributed by atoms with E-state index in [0.29, 0.717) is 5.69 Å². The molecule has 6 heteroatoms. The smallest absolute Gasteiger partial charge is 0.238 e. The molecule has 3 fully saturated rings. The summed E-state index contributed by atoms with van der Waals surface area (Å²) in [6, 6.07) is 6.23. The zero-order valence-electron chi connectivity index (χ0n) is 10.9. The molecule has 2 saturated carbocycles. The summed E-state index contributed by atoms with van der Waals surface area (Å²) < 4.78 is 0. The largest absolute Gasteiger partial charge is 0.508 e. The van der Waals surface area contributed by atoms with E-state index in [1.165, 1.54) is 17.0 Å². The highest BCUT2D eigenvalue weighted by Crippen LogP contribution is 2.60. The Kier molecular flexibility index (Phi) is 2.99. The van der Waals surface area contributed by atoms with Gasteiger partial charge in [0.15, 0.2) is 0 Å². The van der Waals surface area contributed by atoms with Crippen LogP contribution in [0.25, 0.3) is 0 Å². The maximum absolute atomic E-state index is 12.7. The molecule has 4 rings (SSSR count). The summed E-state index contributed by atoms with van der Waals surface area (Å²) in [5.41, 5.74) is 0.550. The van der Waals surface area contributed by atoms with Crippen LogP contribution in [0.15, 0.2) is 24.3 Å². The van der Waals surface area contributed by atoms with Crippen molar-refractivity contribution < 1.29 is 14.7 Å². The average molecular weight is 415 g/mol. The van der Waals surface area contributed by atoms with Crippen LogP contribution >= 0.6 is 31.9 Å². The van der Waals surface area contributed by atoms with Crippen LogP contribution in [0.1, 0.15) is 6.42 Å². The molecule has 2 aliphatic carbocycles. The maximum atomic E-state index is 12.7. The molecule has 6 atom stereocenters. The third-order valence-corrected chi connectivity index (χ3v) is 8.30. The topological polar surface area (TPSA) is 57.6 Å². The van der Waals surface area contributed by atoms with E-state index in [0.717, 1.165) is 6.42 Å². The number of imide groups is 1. The number of benzene rings is 1. The van der Waals surface area contributed by atoms with Crippen LogP contribution in [-0.2, 0) is 9.59 Å². The van der Waals surface area contributed by atoms with Gasteiger partial charge >= 0.3 is 0 Å². The molecule has 1 aromatic carbocycles. The lowest BCUT2D eigenvalue weighted by molar-refractivity contribution is -0.123. The number of hydrogen-bond donors (Lipinski definition) is 1. The van der Waals surface area contributed by atoms with Gasteiger partial charge in [-0.05, 0) is 42.5 Å². The van der Waals surface area contributed by atoms with Crippen molar-refractivity contribution in [3.63, 3.8) is 0 Å². The van der Waals surface area contributed by atoms with Gasteiger partial charge in [-0.1, -0.05) is 31.9 Å². The number of fused-ring (bicyclic) bond motifs is 5. The van der Waals surface area contributed by atoms with Crippen LogP contribution in [0, 0.1) is 23.7 Å². The van der Waals surface area contributed by atoms with E-state index in [4.69, 9.17) is 0 Å². The number of nitrogens with zero attached hydrogens (tertiary/aromatic N) is 1. The number of halogens is 2. The highest BCUT2D eigenvalue weighted by atomic mass is 79.9. The number of hydrogen-bond acceptors (Lipinski definition) is 3. The fourth-order valence-electron chi connectivity index (χ4n) is 4.20. The second-order valence-electron chi connectivity index (χ2n) is 6.03. The zero-order chi connectivity index (χ0) is 14.9. The Labute approximate surface area is 138 Å². The van der Waals surface area contributed by atoms with Crippen molar-refractivity contribution in [3.8, 4) is 5.75 Å². The molecule has 110 valence electrons. The normalized spacial score (nSPS) is 41.0. The summed E-state index contributed by atoms with van der Waals surface area (Å²) in [4.78, 5) is 27.3. The molecule has 1 aliphatic heterocycles. The van der Waals surface area contributed by atoms with Gasteiger partial charge in [-0.25, -0.2) is 0 Å². The van der Waals surface area contributed by atoms with Crippen molar-refractivity contribution in [2.45, 2.75) is 16.1 Å². The molecule has 3 aliphatic rings. The van der Waals surface area contributed by atoms with E-state index >= 15 is 0 Å². The van der Waals surface area contributed by atoms with E-state index < -0.39 is 0 Å². The minimum atomic E-state index is -0.200. The number of alkyl halides is 2. The fourth-order valence-corrected chi connectivity index (χ4v) is 6.08. The van der Waals surface area contributed by atoms with Crippen molar-refractivity contribution in [3.05, 3.63) is 24.3 Å². The Morgan fingerprint density at radius 3 is 1.90 bits per heavy atom. The van der Waals surface area contributed by atoms with Crippen LogP contribution in [0.2, 0.25) is 0 Å². The first-order valence-electron chi connectivity index (χ1n) is 6.95. The van der Waals surface area contributed by atoms with Crippen LogP contribution in [0.4, 0.5) is 5.69 Å². The number of phenolic OH excluding ortho intramolecular Hbond substituents is 1. The summed E-state index contributed by atoms with van der Waals surface area (Å²) in [5, 5.41) is 9.36. The first-order valence-corrected chi connectivity index (χ1v) is 8.79. The fraction of sp³-hybridized carbons (Fsp3) is 0.467. The monoisotopic (exact) mass is 413 g/mol. The zero-order valence-corrected chi connectivity index (χ0v) is 14.1. The van der Waals surface area contributed by atoms with Gasteiger partial charge in [0.2, 0.25) is 11.8 Å². The second kappa shape index (κ2) is 4.56. The number of rotatable bonds is 1. The molecule has 1 heterocycles. The van der Waals surface area contributed by atoms with Crippen molar-refractivity contribution in [2.24, 2.45) is 23.7 Å². The summed E-state index contributed by atoms with van der Waals surface area (Å²) in [5.74, 6) is -0.00642. The molecule has 4 nitrogen and oxygen atoms in total. The molecule has 1 aromatic rings. The van der Waals surface area contributed by atoms with E-state index in [-0.39, 0.29) is 50.9 Å². The van der Waals surface area contributed by atoms with Gasteiger partial charge in [0.25, 0.3) is 0 Å². The van der Waals surface area contributed by atoms with Crippen LogP contribution in [0.3, 0.4) is 0 Å². The number of phenols is 1. The lowest BCUT2D eigenvalue weighted by atomic mass is 9.81. The molecule has 2 bridgehead atoms. The summed E-state index contributed by atoms with van der Waals surface area (Å²) in [6.07, 6.45) is 0.933. The Morgan fingerprint density at radius 1 is 0.952 bits per heavy atom. The van der Waals surface area contributed by atoms with Gasteiger partial charge in [0.1, 0.15) is 5.75 Å². The van der Waals surface area contributed by atoms with Gasteiger partial charge in [0.05, 0.1) is 17.5 Å². The van der Waals surface area contributed by atoms with Crippen molar-refractivity contribution in [1.29, 1.82) is 0 Å². The van der Waals surface area contributed by atoms with E-state index in [1.807, 2.05) is 0 Å². The average Bonchev–Trinajstić information content (AvgIpc) is 3.06. The van der Waals surface area contributed by atoms with Crippen molar-refractivity contribution in [2.75, 3.05) is 4.90 Å². The molecular weight excluding hydrogens is 402 g/mol. The molecule has 2 amide bonds. The van der Waals surface area contributed by atoms with Gasteiger partial charge in [-0.2, -0.15) is 0 Å². The first kappa shape index (κ1) is 13.8. The van der Waals surface area contributed by atoms with E-state index in [1.54, 1.807) is 12.1 Å². The van der Waals surface area contributed by atoms with Crippen LogP contribution in [-0.4, -0.2) is 26.6 Å². The number of carbonyl (C=O) groups is 2. The van der Waals surface area contributed by atoms with Crippen molar-refractivity contribution >= 4 is 49.4 Å². The Hall–Kier alpha value is -0.880. The highest BCUT2D eigenvalue weighted by molar-refractivity contribution is 9.12. The Bertz CT molecular complexity index is 600. The maximum Gasteiger partial charge on any atom is 0.238 e. The summed E-state index contributed by atoms with van der Waals surface area (Å²) in [7, 11) is 0. The predicted molar refractivity (Wildman–Crippen MR) is 84.6 cm³/mol. The third kappa shape index (κ3) is 1.72. The van der Waals surface area contributed by atoms with Gasteiger partial charge in [-0.3, -0.25) is 14.5 Å². The number of amides is 2. The third-order valence-electron chi connectivity index (χ3n) is 5.10. The number of anilines is 1. The summed E-state index contributed by atoms with van der Waals surface area (Å²) in [6.45, 7) is 0. The lowest BCUT2D eigenvalue weighted by Gasteiger charge is -2.28. The van der Waals surface area contributed by atoms with E-state index in [9.17, 15) is 14.7 Å². The van der Waals surface area contributed by atoms with E-state index in [2.05, 4.69) is 31.9 Å².